The highest BCUT2D eigenvalue weighted by Gasteiger charge is 2.38. The molecule has 178 valence electrons. The fourth-order valence-electron chi connectivity index (χ4n) is 5.73. The molecule has 4 aromatic carbocycles. The predicted molar refractivity (Wildman–Crippen MR) is 146 cm³/mol. The Kier molecular flexibility index (Phi) is 4.46. The van der Waals surface area contributed by atoms with E-state index in [1.165, 1.54) is 11.1 Å². The van der Waals surface area contributed by atoms with Gasteiger partial charge in [-0.05, 0) is 58.3 Å². The van der Waals surface area contributed by atoms with E-state index in [0.29, 0.717) is 22.8 Å². The molecule has 0 saturated heterocycles. The van der Waals surface area contributed by atoms with Gasteiger partial charge >= 0.3 is 0 Å². The van der Waals surface area contributed by atoms with Crippen molar-refractivity contribution in [3.05, 3.63) is 131 Å². The predicted octanol–water partition coefficient (Wildman–Crippen LogP) is 8.00. The second-order valence-electron chi connectivity index (χ2n) is 10.1. The molecular weight excluding hydrogens is 458 g/mol. The fourth-order valence-corrected chi connectivity index (χ4v) is 5.73. The first-order valence-corrected chi connectivity index (χ1v) is 12.4. The van der Waals surface area contributed by atoms with Crippen LogP contribution in [0.2, 0.25) is 0 Å². The van der Waals surface area contributed by atoms with Crippen LogP contribution in [-0.2, 0) is 5.41 Å². The van der Waals surface area contributed by atoms with Crippen LogP contribution in [0, 0.1) is 0 Å². The van der Waals surface area contributed by atoms with Gasteiger partial charge in [-0.3, -0.25) is 14.5 Å². The summed E-state index contributed by atoms with van der Waals surface area (Å²) < 4.78 is 6.28. The number of furan rings is 1. The first kappa shape index (κ1) is 21.6. The number of carbonyl (C=O) groups is 2. The Balaban J connectivity index is 1.31. The van der Waals surface area contributed by atoms with E-state index in [-0.39, 0.29) is 22.6 Å². The number of anilines is 3. The zero-order chi connectivity index (χ0) is 25.3. The smallest absolute Gasteiger partial charge is 0.205 e. The van der Waals surface area contributed by atoms with Crippen LogP contribution in [0.4, 0.5) is 17.3 Å². The number of hydrogen-bond donors (Lipinski definition) is 0. The zero-order valence-electron chi connectivity index (χ0n) is 20.5. The van der Waals surface area contributed by atoms with Crippen LogP contribution in [0.25, 0.3) is 16.8 Å². The molecule has 5 aromatic rings. The maximum atomic E-state index is 13.2. The number of allylic oxidation sites excluding steroid dienone is 1. The summed E-state index contributed by atoms with van der Waals surface area (Å²) in [4.78, 5) is 28.6. The molecule has 0 radical (unpaired) electrons. The van der Waals surface area contributed by atoms with Gasteiger partial charge in [0.25, 0.3) is 0 Å². The van der Waals surface area contributed by atoms with Gasteiger partial charge in [0.05, 0.1) is 16.9 Å². The third-order valence-electron chi connectivity index (χ3n) is 7.62. The maximum Gasteiger partial charge on any atom is 0.205 e. The summed E-state index contributed by atoms with van der Waals surface area (Å²) in [6.07, 6.45) is 1.57. The van der Waals surface area contributed by atoms with Gasteiger partial charge in [0, 0.05) is 22.6 Å². The van der Waals surface area contributed by atoms with Crippen molar-refractivity contribution in [1.82, 2.24) is 0 Å². The number of benzene rings is 4. The van der Waals surface area contributed by atoms with E-state index < -0.39 is 0 Å². The largest absolute Gasteiger partial charge is 0.440 e. The molecule has 2 heterocycles. The monoisotopic (exact) mass is 481 g/mol. The Bertz CT molecular complexity index is 1700. The van der Waals surface area contributed by atoms with Gasteiger partial charge in [-0.1, -0.05) is 74.5 Å². The lowest BCUT2D eigenvalue weighted by Gasteiger charge is -2.40. The fraction of sp³-hybridized carbons (Fsp3) is 0.0909. The molecule has 0 N–H and O–H groups in total. The summed E-state index contributed by atoms with van der Waals surface area (Å²) in [6, 6.07) is 31.7. The number of carbonyl (C=O) groups excluding carboxylic acids is 2. The lowest BCUT2D eigenvalue weighted by atomic mass is 9.74. The molecule has 4 heteroatoms. The Hall–Kier alpha value is -4.70. The summed E-state index contributed by atoms with van der Waals surface area (Å²) in [5, 5.41) is 1.88. The summed E-state index contributed by atoms with van der Waals surface area (Å²) in [7, 11) is 0. The topological polar surface area (TPSA) is 50.5 Å². The molecule has 1 aliphatic heterocycles. The van der Waals surface area contributed by atoms with E-state index in [0.717, 1.165) is 22.1 Å². The van der Waals surface area contributed by atoms with E-state index in [9.17, 15) is 9.59 Å². The number of nitrogens with zero attached hydrogens (tertiary/aromatic N) is 1. The van der Waals surface area contributed by atoms with E-state index in [4.69, 9.17) is 4.42 Å². The summed E-state index contributed by atoms with van der Waals surface area (Å²) in [5.74, 6) is 0.561. The number of Topliss-reactive ketones (excluding diaryl/α,β-unsaturated/α-hetero) is 2. The minimum atomic E-state index is -0.265. The van der Waals surface area contributed by atoms with Crippen molar-refractivity contribution < 1.29 is 14.0 Å². The average molecular weight is 482 g/mol. The Morgan fingerprint density at radius 3 is 1.76 bits per heavy atom. The molecule has 0 amide bonds. The van der Waals surface area contributed by atoms with E-state index in [2.05, 4.69) is 55.1 Å². The zero-order valence-corrected chi connectivity index (χ0v) is 20.5. The van der Waals surface area contributed by atoms with Crippen molar-refractivity contribution in [3.8, 4) is 0 Å². The van der Waals surface area contributed by atoms with Crippen LogP contribution in [0.1, 0.15) is 51.5 Å². The van der Waals surface area contributed by atoms with Crippen molar-refractivity contribution >= 4 is 45.7 Å². The molecule has 0 unspecified atom stereocenters. The molecule has 7 rings (SSSR count). The van der Waals surface area contributed by atoms with Crippen LogP contribution in [0.15, 0.2) is 107 Å². The summed E-state index contributed by atoms with van der Waals surface area (Å²) in [6.45, 7) is 4.47. The van der Waals surface area contributed by atoms with Crippen molar-refractivity contribution in [2.45, 2.75) is 19.3 Å². The normalized spacial score (nSPS) is 15.5. The molecule has 0 fully saturated rings. The third kappa shape index (κ3) is 3.09. The van der Waals surface area contributed by atoms with Crippen molar-refractivity contribution in [2.24, 2.45) is 0 Å². The van der Waals surface area contributed by atoms with Crippen molar-refractivity contribution in [1.29, 1.82) is 0 Å². The molecule has 2 aliphatic rings. The van der Waals surface area contributed by atoms with Gasteiger partial charge in [0.1, 0.15) is 5.76 Å². The molecule has 0 spiro atoms. The first-order chi connectivity index (χ1) is 17.9. The van der Waals surface area contributed by atoms with Crippen molar-refractivity contribution in [2.75, 3.05) is 4.90 Å². The molecule has 1 aromatic heterocycles. The Morgan fingerprint density at radius 1 is 0.676 bits per heavy atom. The molecule has 1 aliphatic carbocycles. The minimum Gasteiger partial charge on any atom is -0.440 e. The molecule has 4 nitrogen and oxygen atoms in total. The number of ketones is 2. The van der Waals surface area contributed by atoms with E-state index in [1.54, 1.807) is 6.08 Å². The SMILES string of the molecule is CC1(C)c2ccccc2N(c2ccc(C=C3C(=O)c4cc5ccccc5cc4C3=O)o2)c2ccccc21. The summed E-state index contributed by atoms with van der Waals surface area (Å²) >= 11 is 0. The van der Waals surface area contributed by atoms with Gasteiger partial charge in [-0.2, -0.15) is 0 Å². The lowest BCUT2D eigenvalue weighted by molar-refractivity contribution is 0.0990. The summed E-state index contributed by atoms with van der Waals surface area (Å²) in [5.41, 5.74) is 5.36. The number of fused-ring (bicyclic) bond motifs is 4. The van der Waals surface area contributed by atoms with Gasteiger partial charge in [0.2, 0.25) is 5.88 Å². The van der Waals surface area contributed by atoms with Crippen LogP contribution in [0.5, 0.6) is 0 Å². The van der Waals surface area contributed by atoms with Gasteiger partial charge in [0.15, 0.2) is 11.6 Å². The second kappa shape index (κ2) is 7.65. The van der Waals surface area contributed by atoms with Crippen LogP contribution >= 0.6 is 0 Å². The van der Waals surface area contributed by atoms with Crippen LogP contribution in [-0.4, -0.2) is 11.6 Å². The average Bonchev–Trinajstić information content (AvgIpc) is 3.46. The molecular formula is C33H23NO3. The van der Waals surface area contributed by atoms with Gasteiger partial charge in [-0.15, -0.1) is 0 Å². The first-order valence-electron chi connectivity index (χ1n) is 12.4. The van der Waals surface area contributed by atoms with E-state index in [1.807, 2.05) is 60.7 Å². The third-order valence-corrected chi connectivity index (χ3v) is 7.62. The lowest BCUT2D eigenvalue weighted by Crippen LogP contribution is -2.30. The minimum absolute atomic E-state index is 0.131. The number of rotatable bonds is 2. The second-order valence-corrected chi connectivity index (χ2v) is 10.1. The molecule has 37 heavy (non-hydrogen) atoms. The van der Waals surface area contributed by atoms with E-state index >= 15 is 0 Å². The van der Waals surface area contributed by atoms with Gasteiger partial charge in [-0.25, -0.2) is 0 Å². The Labute approximate surface area is 214 Å². The standard InChI is InChI=1S/C33H23NO3/c1-33(2)26-11-5-7-13-28(26)34(29-14-8-6-12-27(29)33)30-16-15-22(37-30)19-25-31(35)23-17-20-9-3-4-10-21(20)18-24(23)32(25)36/h3-19H,1-2H3. The van der Waals surface area contributed by atoms with Crippen LogP contribution < -0.4 is 4.90 Å². The highest BCUT2D eigenvalue weighted by atomic mass is 16.4. The number of para-hydroxylation sites is 2. The van der Waals surface area contributed by atoms with Gasteiger partial charge < -0.3 is 4.42 Å². The molecule has 0 bridgehead atoms. The molecule has 0 atom stereocenters. The quantitative estimate of drug-likeness (QED) is 0.189. The molecule has 0 saturated carbocycles. The highest BCUT2D eigenvalue weighted by Crippen LogP contribution is 2.51. The Morgan fingerprint density at radius 2 is 1.19 bits per heavy atom. The maximum absolute atomic E-state index is 13.2. The highest BCUT2D eigenvalue weighted by molar-refractivity contribution is 6.42. The van der Waals surface area contributed by atoms with Crippen LogP contribution in [0.3, 0.4) is 0 Å². The number of hydrogen-bond acceptors (Lipinski definition) is 4. The van der Waals surface area contributed by atoms with Crippen molar-refractivity contribution in [3.63, 3.8) is 0 Å².